The van der Waals surface area contributed by atoms with E-state index in [-0.39, 0.29) is 12.4 Å². The van der Waals surface area contributed by atoms with Gasteiger partial charge in [0.15, 0.2) is 0 Å². The van der Waals surface area contributed by atoms with Gasteiger partial charge in [-0.05, 0) is 24.6 Å². The number of phenols is 1. The van der Waals surface area contributed by atoms with Gasteiger partial charge in [0.05, 0.1) is 19.3 Å². The van der Waals surface area contributed by atoms with E-state index in [0.29, 0.717) is 17.9 Å². The number of rotatable bonds is 5. The number of ether oxygens (including phenoxy) is 1. The summed E-state index contributed by atoms with van der Waals surface area (Å²) in [5.41, 5.74) is 6.13. The average molecular weight is 211 g/mol. The normalized spacial score (nSPS) is 12.5. The fraction of sp³-hybridized carbons (Fsp3) is 0.455. The van der Waals surface area contributed by atoms with Gasteiger partial charge in [0.2, 0.25) is 0 Å². The lowest BCUT2D eigenvalue weighted by Crippen LogP contribution is -2.14. The standard InChI is InChI=1S/C11H17NO3/c1-2-5-15-8-3-4-11(14)9(6-8)10(12)7-13/h3-4,6,10,13-14H,2,5,7,12H2,1H3/t10-/m1/s1. The number of phenolic OH excluding ortho intramolecular Hbond substituents is 1. The van der Waals surface area contributed by atoms with Gasteiger partial charge < -0.3 is 20.7 Å². The highest BCUT2D eigenvalue weighted by molar-refractivity contribution is 5.41. The van der Waals surface area contributed by atoms with E-state index in [1.165, 1.54) is 6.07 Å². The first-order valence-corrected chi connectivity index (χ1v) is 5.01. The summed E-state index contributed by atoms with van der Waals surface area (Å²) in [7, 11) is 0. The molecule has 0 aliphatic rings. The Morgan fingerprint density at radius 3 is 2.80 bits per heavy atom. The van der Waals surface area contributed by atoms with E-state index in [4.69, 9.17) is 15.6 Å². The summed E-state index contributed by atoms with van der Waals surface area (Å²) in [5, 5.41) is 18.4. The Hall–Kier alpha value is -1.26. The molecule has 1 aromatic carbocycles. The largest absolute Gasteiger partial charge is 0.508 e. The SMILES string of the molecule is CCCOc1ccc(O)c([C@H](N)CO)c1. The van der Waals surface area contributed by atoms with Gasteiger partial charge in [0.1, 0.15) is 11.5 Å². The monoisotopic (exact) mass is 211 g/mol. The van der Waals surface area contributed by atoms with Crippen LogP contribution >= 0.6 is 0 Å². The van der Waals surface area contributed by atoms with Crippen LogP contribution in [-0.2, 0) is 0 Å². The van der Waals surface area contributed by atoms with Crippen LogP contribution in [0.25, 0.3) is 0 Å². The van der Waals surface area contributed by atoms with Crippen LogP contribution in [0.4, 0.5) is 0 Å². The fourth-order valence-corrected chi connectivity index (χ4v) is 1.24. The van der Waals surface area contributed by atoms with Crippen LogP contribution in [0.15, 0.2) is 18.2 Å². The van der Waals surface area contributed by atoms with Crippen molar-refractivity contribution in [2.24, 2.45) is 5.73 Å². The molecule has 0 unspecified atom stereocenters. The van der Waals surface area contributed by atoms with Gasteiger partial charge in [-0.3, -0.25) is 0 Å². The molecule has 0 saturated heterocycles. The molecule has 1 aromatic rings. The number of aliphatic hydroxyl groups is 1. The summed E-state index contributed by atoms with van der Waals surface area (Å²) in [5.74, 6) is 0.744. The molecule has 0 radical (unpaired) electrons. The smallest absolute Gasteiger partial charge is 0.120 e. The van der Waals surface area contributed by atoms with Gasteiger partial charge >= 0.3 is 0 Å². The Bertz CT molecular complexity index is 315. The second-order valence-electron chi connectivity index (χ2n) is 3.36. The van der Waals surface area contributed by atoms with E-state index in [0.717, 1.165) is 6.42 Å². The zero-order valence-electron chi connectivity index (χ0n) is 8.81. The van der Waals surface area contributed by atoms with Crippen LogP contribution < -0.4 is 10.5 Å². The van der Waals surface area contributed by atoms with Crippen LogP contribution in [0, 0.1) is 0 Å². The van der Waals surface area contributed by atoms with Crippen molar-refractivity contribution in [3.8, 4) is 11.5 Å². The van der Waals surface area contributed by atoms with E-state index >= 15 is 0 Å². The molecule has 4 heteroatoms. The van der Waals surface area contributed by atoms with E-state index in [9.17, 15) is 5.11 Å². The maximum absolute atomic E-state index is 9.52. The topological polar surface area (TPSA) is 75.7 Å². The predicted octanol–water partition coefficient (Wildman–Crippen LogP) is 1.17. The molecule has 0 aliphatic heterocycles. The van der Waals surface area contributed by atoms with Crippen molar-refractivity contribution in [2.75, 3.05) is 13.2 Å². The van der Waals surface area contributed by atoms with Crippen LogP contribution in [-0.4, -0.2) is 23.4 Å². The number of aromatic hydroxyl groups is 1. The third kappa shape index (κ3) is 3.11. The molecule has 1 atom stereocenters. The minimum atomic E-state index is -0.574. The molecule has 4 N–H and O–H groups in total. The zero-order chi connectivity index (χ0) is 11.3. The number of aliphatic hydroxyl groups excluding tert-OH is 1. The first kappa shape index (κ1) is 11.8. The molecule has 0 saturated carbocycles. The second kappa shape index (κ2) is 5.58. The molecule has 1 rings (SSSR count). The highest BCUT2D eigenvalue weighted by Crippen LogP contribution is 2.27. The molecule has 0 bridgehead atoms. The Labute approximate surface area is 89.3 Å². The minimum Gasteiger partial charge on any atom is -0.508 e. The van der Waals surface area contributed by atoms with E-state index < -0.39 is 6.04 Å². The summed E-state index contributed by atoms with van der Waals surface area (Å²) >= 11 is 0. The molecular formula is C11H17NO3. The molecular weight excluding hydrogens is 194 g/mol. The first-order chi connectivity index (χ1) is 7.19. The maximum atomic E-state index is 9.52. The fourth-order valence-electron chi connectivity index (χ4n) is 1.24. The van der Waals surface area contributed by atoms with Gasteiger partial charge in [0, 0.05) is 5.56 Å². The molecule has 0 fully saturated rings. The van der Waals surface area contributed by atoms with Gasteiger partial charge in [-0.25, -0.2) is 0 Å². The number of benzene rings is 1. The van der Waals surface area contributed by atoms with Crippen molar-refractivity contribution in [2.45, 2.75) is 19.4 Å². The molecule has 15 heavy (non-hydrogen) atoms. The van der Waals surface area contributed by atoms with Crippen molar-refractivity contribution < 1.29 is 14.9 Å². The Kier molecular flexibility index (Phi) is 4.39. The third-order valence-corrected chi connectivity index (χ3v) is 2.07. The van der Waals surface area contributed by atoms with Gasteiger partial charge in [-0.15, -0.1) is 0 Å². The Morgan fingerprint density at radius 1 is 1.47 bits per heavy atom. The first-order valence-electron chi connectivity index (χ1n) is 5.01. The minimum absolute atomic E-state index is 0.0837. The molecule has 4 nitrogen and oxygen atoms in total. The van der Waals surface area contributed by atoms with Crippen molar-refractivity contribution in [1.82, 2.24) is 0 Å². The van der Waals surface area contributed by atoms with Crippen molar-refractivity contribution in [3.05, 3.63) is 23.8 Å². The predicted molar refractivity (Wildman–Crippen MR) is 57.9 cm³/mol. The molecule has 0 amide bonds. The summed E-state index contributed by atoms with van der Waals surface area (Å²) in [6.07, 6.45) is 0.919. The quantitative estimate of drug-likeness (QED) is 0.683. The van der Waals surface area contributed by atoms with Crippen LogP contribution in [0.1, 0.15) is 24.9 Å². The number of hydrogen-bond donors (Lipinski definition) is 3. The van der Waals surface area contributed by atoms with Gasteiger partial charge in [0.25, 0.3) is 0 Å². The van der Waals surface area contributed by atoms with E-state index in [1.54, 1.807) is 12.1 Å². The van der Waals surface area contributed by atoms with Crippen LogP contribution in [0.3, 0.4) is 0 Å². The number of nitrogens with two attached hydrogens (primary N) is 1. The molecule has 0 aliphatic carbocycles. The third-order valence-electron chi connectivity index (χ3n) is 2.07. The molecule has 84 valence electrons. The lowest BCUT2D eigenvalue weighted by molar-refractivity contribution is 0.264. The lowest BCUT2D eigenvalue weighted by atomic mass is 10.1. The Morgan fingerprint density at radius 2 is 2.20 bits per heavy atom. The van der Waals surface area contributed by atoms with Crippen LogP contribution in [0.5, 0.6) is 11.5 Å². The molecule has 0 heterocycles. The van der Waals surface area contributed by atoms with E-state index in [2.05, 4.69) is 0 Å². The highest BCUT2D eigenvalue weighted by atomic mass is 16.5. The second-order valence-corrected chi connectivity index (χ2v) is 3.36. The van der Waals surface area contributed by atoms with Crippen molar-refractivity contribution in [1.29, 1.82) is 0 Å². The van der Waals surface area contributed by atoms with Gasteiger partial charge in [-0.2, -0.15) is 0 Å². The highest BCUT2D eigenvalue weighted by Gasteiger charge is 2.10. The van der Waals surface area contributed by atoms with Gasteiger partial charge in [-0.1, -0.05) is 6.92 Å². The average Bonchev–Trinajstić information content (AvgIpc) is 2.27. The molecule has 0 spiro atoms. The maximum Gasteiger partial charge on any atom is 0.120 e. The Balaban J connectivity index is 2.84. The van der Waals surface area contributed by atoms with Crippen LogP contribution in [0.2, 0.25) is 0 Å². The number of hydrogen-bond acceptors (Lipinski definition) is 4. The lowest BCUT2D eigenvalue weighted by Gasteiger charge is -2.12. The summed E-state index contributed by atoms with van der Waals surface area (Å²) < 4.78 is 5.40. The summed E-state index contributed by atoms with van der Waals surface area (Å²) in [4.78, 5) is 0. The summed E-state index contributed by atoms with van der Waals surface area (Å²) in [6, 6.07) is 4.29. The van der Waals surface area contributed by atoms with E-state index in [1.807, 2.05) is 6.92 Å². The van der Waals surface area contributed by atoms with Crippen molar-refractivity contribution >= 4 is 0 Å². The summed E-state index contributed by atoms with van der Waals surface area (Å²) in [6.45, 7) is 2.43. The van der Waals surface area contributed by atoms with Crippen molar-refractivity contribution in [3.63, 3.8) is 0 Å². The molecule has 0 aromatic heterocycles. The zero-order valence-corrected chi connectivity index (χ0v) is 8.81.